The predicted octanol–water partition coefficient (Wildman–Crippen LogP) is 8.05. The van der Waals surface area contributed by atoms with Gasteiger partial charge in [0.15, 0.2) is 0 Å². The van der Waals surface area contributed by atoms with Gasteiger partial charge in [-0.15, -0.1) is 0 Å². The van der Waals surface area contributed by atoms with E-state index < -0.39 is 0 Å². The molecule has 0 unspecified atom stereocenters. The molecule has 1 rings (SSSR count). The number of benzene rings is 1. The standard InChI is InChI=1S/C26H41ClO4/c1-2-3-4-5-6-7-8-9-10-11-12-13-14-22-30-25(28)16-15-17-26(29)31-24-20-18-23(27)19-21-24/h18-21H,2-17,22H2,1H3. The summed E-state index contributed by atoms with van der Waals surface area (Å²) in [4.78, 5) is 23.5. The Balaban J connectivity index is 1.85. The van der Waals surface area contributed by atoms with E-state index in [-0.39, 0.29) is 24.8 Å². The van der Waals surface area contributed by atoms with Crippen LogP contribution in [0, 0.1) is 0 Å². The number of hydrogen-bond acceptors (Lipinski definition) is 4. The van der Waals surface area contributed by atoms with Gasteiger partial charge in [0.2, 0.25) is 0 Å². The van der Waals surface area contributed by atoms with E-state index in [1.165, 1.54) is 70.6 Å². The maximum atomic E-state index is 11.8. The molecule has 0 aromatic heterocycles. The van der Waals surface area contributed by atoms with Crippen LogP contribution in [0.2, 0.25) is 5.02 Å². The van der Waals surface area contributed by atoms with Crippen molar-refractivity contribution in [3.63, 3.8) is 0 Å². The molecule has 0 amide bonds. The predicted molar refractivity (Wildman–Crippen MR) is 128 cm³/mol. The molecule has 0 radical (unpaired) electrons. The average molecular weight is 453 g/mol. The van der Waals surface area contributed by atoms with Gasteiger partial charge in [-0.1, -0.05) is 95.6 Å². The molecule has 4 nitrogen and oxygen atoms in total. The second-order valence-electron chi connectivity index (χ2n) is 8.24. The van der Waals surface area contributed by atoms with E-state index in [1.807, 2.05) is 0 Å². The fourth-order valence-corrected chi connectivity index (χ4v) is 3.57. The minimum absolute atomic E-state index is 0.191. The van der Waals surface area contributed by atoms with Crippen LogP contribution in [0.3, 0.4) is 0 Å². The quantitative estimate of drug-likeness (QED) is 0.121. The highest BCUT2D eigenvalue weighted by Gasteiger charge is 2.08. The zero-order chi connectivity index (χ0) is 22.6. The lowest BCUT2D eigenvalue weighted by molar-refractivity contribution is -0.144. The van der Waals surface area contributed by atoms with E-state index in [0.717, 1.165) is 12.8 Å². The maximum absolute atomic E-state index is 11.8. The Hall–Kier alpha value is -1.55. The Morgan fingerprint density at radius 1 is 0.677 bits per heavy atom. The number of esters is 2. The van der Waals surface area contributed by atoms with E-state index in [2.05, 4.69) is 6.92 Å². The monoisotopic (exact) mass is 452 g/mol. The van der Waals surface area contributed by atoms with Crippen LogP contribution in [0.1, 0.15) is 110 Å². The molecule has 1 aromatic carbocycles. The van der Waals surface area contributed by atoms with Crippen molar-refractivity contribution < 1.29 is 19.1 Å². The summed E-state index contributed by atoms with van der Waals surface area (Å²) in [5.41, 5.74) is 0. The highest BCUT2D eigenvalue weighted by Crippen LogP contribution is 2.16. The summed E-state index contributed by atoms with van der Waals surface area (Å²) in [5.74, 6) is -0.135. The smallest absolute Gasteiger partial charge is 0.311 e. The minimum atomic E-state index is -0.355. The number of carbonyl (C=O) groups is 2. The molecule has 0 fully saturated rings. The molecule has 0 aliphatic rings. The molecule has 0 atom stereocenters. The normalized spacial score (nSPS) is 10.8. The second kappa shape index (κ2) is 19.2. The van der Waals surface area contributed by atoms with Gasteiger partial charge in [0.1, 0.15) is 5.75 Å². The van der Waals surface area contributed by atoms with Gasteiger partial charge in [-0.3, -0.25) is 9.59 Å². The van der Waals surface area contributed by atoms with Crippen LogP contribution in [-0.4, -0.2) is 18.5 Å². The lowest BCUT2D eigenvalue weighted by atomic mass is 10.0. The Kier molecular flexibility index (Phi) is 17.0. The van der Waals surface area contributed by atoms with Crippen molar-refractivity contribution in [3.8, 4) is 5.75 Å². The molecule has 0 bridgehead atoms. The third-order valence-electron chi connectivity index (χ3n) is 5.32. The van der Waals surface area contributed by atoms with Crippen LogP contribution in [-0.2, 0) is 14.3 Å². The van der Waals surface area contributed by atoms with Crippen molar-refractivity contribution in [1.82, 2.24) is 0 Å². The summed E-state index contributed by atoms with van der Waals surface area (Å²) >= 11 is 5.79. The van der Waals surface area contributed by atoms with Crippen molar-refractivity contribution in [3.05, 3.63) is 29.3 Å². The van der Waals surface area contributed by atoms with Crippen molar-refractivity contribution in [2.24, 2.45) is 0 Å². The van der Waals surface area contributed by atoms with E-state index in [1.54, 1.807) is 24.3 Å². The molecule has 176 valence electrons. The van der Waals surface area contributed by atoms with Crippen molar-refractivity contribution in [1.29, 1.82) is 0 Å². The number of rotatable bonds is 19. The van der Waals surface area contributed by atoms with E-state index in [4.69, 9.17) is 21.1 Å². The molecular formula is C26H41ClO4. The fourth-order valence-electron chi connectivity index (χ4n) is 3.44. The van der Waals surface area contributed by atoms with Gasteiger partial charge in [0.25, 0.3) is 0 Å². The average Bonchev–Trinajstić information content (AvgIpc) is 2.75. The summed E-state index contributed by atoms with van der Waals surface area (Å²) in [6.07, 6.45) is 17.7. The highest BCUT2D eigenvalue weighted by atomic mass is 35.5. The van der Waals surface area contributed by atoms with Gasteiger partial charge in [-0.05, 0) is 37.1 Å². The molecule has 0 saturated carbocycles. The minimum Gasteiger partial charge on any atom is -0.466 e. The molecule has 0 saturated heterocycles. The molecule has 0 heterocycles. The molecular weight excluding hydrogens is 412 g/mol. The lowest BCUT2D eigenvalue weighted by Crippen LogP contribution is -2.10. The summed E-state index contributed by atoms with van der Waals surface area (Å²) in [6, 6.07) is 6.62. The SMILES string of the molecule is CCCCCCCCCCCCCCCOC(=O)CCCC(=O)Oc1ccc(Cl)cc1. The number of halogens is 1. The van der Waals surface area contributed by atoms with E-state index >= 15 is 0 Å². The number of unbranched alkanes of at least 4 members (excludes halogenated alkanes) is 12. The molecule has 0 aliphatic heterocycles. The largest absolute Gasteiger partial charge is 0.466 e. The van der Waals surface area contributed by atoms with Gasteiger partial charge in [0.05, 0.1) is 6.61 Å². The van der Waals surface area contributed by atoms with Crippen LogP contribution in [0.4, 0.5) is 0 Å². The Labute approximate surface area is 194 Å². The van der Waals surface area contributed by atoms with Crippen LogP contribution in [0.15, 0.2) is 24.3 Å². The molecule has 5 heteroatoms. The van der Waals surface area contributed by atoms with Crippen molar-refractivity contribution >= 4 is 23.5 Å². The molecule has 31 heavy (non-hydrogen) atoms. The first-order chi connectivity index (χ1) is 15.1. The van der Waals surface area contributed by atoms with Gasteiger partial charge >= 0.3 is 11.9 Å². The highest BCUT2D eigenvalue weighted by molar-refractivity contribution is 6.30. The topological polar surface area (TPSA) is 52.6 Å². The van der Waals surface area contributed by atoms with Crippen molar-refractivity contribution in [2.45, 2.75) is 110 Å². The van der Waals surface area contributed by atoms with E-state index in [9.17, 15) is 9.59 Å². The Bertz CT molecular complexity index is 586. The summed E-state index contributed by atoms with van der Waals surface area (Å²) < 4.78 is 10.4. The van der Waals surface area contributed by atoms with E-state index in [0.29, 0.717) is 23.8 Å². The van der Waals surface area contributed by atoms with Crippen LogP contribution >= 0.6 is 11.6 Å². The molecule has 0 N–H and O–H groups in total. The van der Waals surface area contributed by atoms with Crippen LogP contribution in [0.5, 0.6) is 5.75 Å². The summed E-state index contributed by atoms with van der Waals surface area (Å²) in [5, 5.41) is 0.589. The van der Waals surface area contributed by atoms with Gasteiger partial charge in [0, 0.05) is 17.9 Å². The number of hydrogen-bond donors (Lipinski definition) is 0. The number of carbonyl (C=O) groups excluding carboxylic acids is 2. The third kappa shape index (κ3) is 16.8. The summed E-state index contributed by atoms with van der Waals surface area (Å²) in [7, 11) is 0. The fraction of sp³-hybridized carbons (Fsp3) is 0.692. The zero-order valence-electron chi connectivity index (χ0n) is 19.3. The first kappa shape index (κ1) is 27.5. The Morgan fingerprint density at radius 2 is 1.16 bits per heavy atom. The second-order valence-corrected chi connectivity index (χ2v) is 8.68. The number of ether oxygens (including phenoxy) is 2. The van der Waals surface area contributed by atoms with Gasteiger partial charge < -0.3 is 9.47 Å². The van der Waals surface area contributed by atoms with Gasteiger partial charge in [-0.25, -0.2) is 0 Å². The van der Waals surface area contributed by atoms with Gasteiger partial charge in [-0.2, -0.15) is 0 Å². The third-order valence-corrected chi connectivity index (χ3v) is 5.57. The molecule has 1 aromatic rings. The van der Waals surface area contributed by atoms with Crippen molar-refractivity contribution in [2.75, 3.05) is 6.61 Å². The first-order valence-corrected chi connectivity index (χ1v) is 12.6. The maximum Gasteiger partial charge on any atom is 0.311 e. The summed E-state index contributed by atoms with van der Waals surface area (Å²) in [6.45, 7) is 2.74. The molecule has 0 aliphatic carbocycles. The lowest BCUT2D eigenvalue weighted by Gasteiger charge is -2.06. The first-order valence-electron chi connectivity index (χ1n) is 12.2. The Morgan fingerprint density at radius 3 is 1.71 bits per heavy atom. The zero-order valence-corrected chi connectivity index (χ0v) is 20.1. The van der Waals surface area contributed by atoms with Crippen LogP contribution < -0.4 is 4.74 Å². The van der Waals surface area contributed by atoms with Crippen LogP contribution in [0.25, 0.3) is 0 Å². The molecule has 0 spiro atoms.